The predicted octanol–water partition coefficient (Wildman–Crippen LogP) is 1.61. The minimum Gasteiger partial charge on any atom is -0.481 e. The van der Waals surface area contributed by atoms with Crippen LogP contribution in [0.4, 0.5) is 4.79 Å². The van der Waals surface area contributed by atoms with Crippen LogP contribution < -0.4 is 5.32 Å². The van der Waals surface area contributed by atoms with E-state index in [0.717, 1.165) is 5.56 Å². The van der Waals surface area contributed by atoms with Gasteiger partial charge in [-0.2, -0.15) is 0 Å². The first-order valence-corrected chi connectivity index (χ1v) is 6.86. The number of carbonyl (C=O) groups excluding carboxylic acids is 1. The molecule has 21 heavy (non-hydrogen) atoms. The largest absolute Gasteiger partial charge is 0.481 e. The van der Waals surface area contributed by atoms with Crippen LogP contribution in [0.5, 0.6) is 0 Å². The van der Waals surface area contributed by atoms with E-state index in [1.807, 2.05) is 30.3 Å². The molecule has 0 aromatic heterocycles. The number of carboxylic acid groups (broad SMARTS) is 1. The fourth-order valence-corrected chi connectivity index (χ4v) is 1.85. The maximum absolute atomic E-state index is 12.1. The van der Waals surface area contributed by atoms with Crippen LogP contribution in [0.25, 0.3) is 0 Å². The number of hydrogen-bond acceptors (Lipinski definition) is 3. The number of nitrogens with one attached hydrogen (secondary N) is 1. The lowest BCUT2D eigenvalue weighted by Crippen LogP contribution is -2.45. The standard InChI is InChI=1S/C15H22N2O4/c1-11(10-18)17(2)15(21)16-13(8-9-14(19)20)12-6-4-3-5-7-12/h3-7,11,13,18H,8-10H2,1-2H3,(H,16,21)(H,19,20). The molecule has 3 N–H and O–H groups in total. The van der Waals surface area contributed by atoms with Gasteiger partial charge in [-0.15, -0.1) is 0 Å². The molecule has 116 valence electrons. The van der Waals surface area contributed by atoms with E-state index in [9.17, 15) is 9.59 Å². The molecule has 0 aliphatic heterocycles. The zero-order chi connectivity index (χ0) is 15.8. The highest BCUT2D eigenvalue weighted by Crippen LogP contribution is 2.18. The van der Waals surface area contributed by atoms with Gasteiger partial charge in [-0.1, -0.05) is 30.3 Å². The third kappa shape index (κ3) is 5.43. The number of amides is 2. The van der Waals surface area contributed by atoms with E-state index < -0.39 is 5.97 Å². The van der Waals surface area contributed by atoms with Gasteiger partial charge in [-0.05, 0) is 18.9 Å². The maximum Gasteiger partial charge on any atom is 0.317 e. The molecule has 0 radical (unpaired) electrons. The monoisotopic (exact) mass is 294 g/mol. The molecule has 0 bridgehead atoms. The zero-order valence-electron chi connectivity index (χ0n) is 12.3. The molecule has 1 aromatic carbocycles. The van der Waals surface area contributed by atoms with E-state index in [0.29, 0.717) is 6.42 Å². The van der Waals surface area contributed by atoms with Crippen LogP contribution in [0.3, 0.4) is 0 Å². The van der Waals surface area contributed by atoms with Crippen molar-refractivity contribution in [2.75, 3.05) is 13.7 Å². The van der Waals surface area contributed by atoms with Gasteiger partial charge < -0.3 is 20.4 Å². The van der Waals surface area contributed by atoms with Crippen molar-refractivity contribution in [3.05, 3.63) is 35.9 Å². The number of aliphatic carboxylic acids is 1. The molecule has 0 fully saturated rings. The summed E-state index contributed by atoms with van der Waals surface area (Å²) in [5.74, 6) is -0.901. The minimum atomic E-state index is -0.901. The van der Waals surface area contributed by atoms with E-state index in [4.69, 9.17) is 10.2 Å². The lowest BCUT2D eigenvalue weighted by atomic mass is 10.0. The molecule has 0 aliphatic rings. The van der Waals surface area contributed by atoms with Crippen molar-refractivity contribution in [2.24, 2.45) is 0 Å². The molecule has 6 nitrogen and oxygen atoms in total. The first-order valence-electron chi connectivity index (χ1n) is 6.86. The van der Waals surface area contributed by atoms with E-state index in [-0.39, 0.29) is 31.1 Å². The topological polar surface area (TPSA) is 89.9 Å². The SMILES string of the molecule is CC(CO)N(C)C(=O)NC(CCC(=O)O)c1ccccc1. The summed E-state index contributed by atoms with van der Waals surface area (Å²) in [4.78, 5) is 24.3. The average Bonchev–Trinajstić information content (AvgIpc) is 2.50. The van der Waals surface area contributed by atoms with Crippen molar-refractivity contribution in [3.63, 3.8) is 0 Å². The molecule has 0 saturated carbocycles. The lowest BCUT2D eigenvalue weighted by Gasteiger charge is -2.27. The smallest absolute Gasteiger partial charge is 0.317 e. The Kier molecular flexibility index (Phi) is 6.68. The summed E-state index contributed by atoms with van der Waals surface area (Å²) in [6.45, 7) is 1.60. The van der Waals surface area contributed by atoms with Crippen LogP contribution in [0.1, 0.15) is 31.4 Å². The second kappa shape index (κ2) is 8.26. The number of carboxylic acids is 1. The van der Waals surface area contributed by atoms with Crippen molar-refractivity contribution in [2.45, 2.75) is 31.8 Å². The van der Waals surface area contributed by atoms with Crippen molar-refractivity contribution in [1.82, 2.24) is 10.2 Å². The van der Waals surface area contributed by atoms with Crippen molar-refractivity contribution >= 4 is 12.0 Å². The van der Waals surface area contributed by atoms with Gasteiger partial charge in [0.05, 0.1) is 18.7 Å². The van der Waals surface area contributed by atoms with Crippen molar-refractivity contribution < 1.29 is 19.8 Å². The minimum absolute atomic E-state index is 0.0287. The number of nitrogens with zero attached hydrogens (tertiary/aromatic N) is 1. The van der Waals surface area contributed by atoms with Crippen molar-refractivity contribution in [3.8, 4) is 0 Å². The molecule has 2 unspecified atom stereocenters. The summed E-state index contributed by atoms with van der Waals surface area (Å²) in [5, 5.41) is 20.7. The van der Waals surface area contributed by atoms with Crippen LogP contribution in [-0.2, 0) is 4.79 Å². The third-order valence-electron chi connectivity index (χ3n) is 3.39. The number of benzene rings is 1. The van der Waals surface area contributed by atoms with Crippen LogP contribution >= 0.6 is 0 Å². The Hall–Kier alpha value is -2.08. The summed E-state index contributed by atoms with van der Waals surface area (Å²) in [5.41, 5.74) is 0.858. The highest BCUT2D eigenvalue weighted by Gasteiger charge is 2.20. The van der Waals surface area contributed by atoms with E-state index in [1.54, 1.807) is 14.0 Å². The second-order valence-electron chi connectivity index (χ2n) is 4.99. The van der Waals surface area contributed by atoms with E-state index in [2.05, 4.69) is 5.32 Å². The molecule has 0 heterocycles. The van der Waals surface area contributed by atoms with Gasteiger partial charge in [0.2, 0.25) is 0 Å². The normalized spacial score (nSPS) is 13.3. The van der Waals surface area contributed by atoms with E-state index >= 15 is 0 Å². The van der Waals surface area contributed by atoms with Gasteiger partial charge in [0.1, 0.15) is 0 Å². The molecule has 1 rings (SSSR count). The molecule has 6 heteroatoms. The first-order chi connectivity index (χ1) is 9.95. The fourth-order valence-electron chi connectivity index (χ4n) is 1.85. The molecule has 2 amide bonds. The number of aliphatic hydroxyl groups is 1. The van der Waals surface area contributed by atoms with Gasteiger partial charge in [-0.3, -0.25) is 4.79 Å². The summed E-state index contributed by atoms with van der Waals surface area (Å²) < 4.78 is 0. The predicted molar refractivity (Wildman–Crippen MR) is 78.9 cm³/mol. The lowest BCUT2D eigenvalue weighted by molar-refractivity contribution is -0.137. The quantitative estimate of drug-likeness (QED) is 0.712. The van der Waals surface area contributed by atoms with Crippen LogP contribution in [0.2, 0.25) is 0 Å². The Morgan fingerprint density at radius 2 is 1.90 bits per heavy atom. The molecule has 2 atom stereocenters. The van der Waals surface area contributed by atoms with Gasteiger partial charge in [-0.25, -0.2) is 4.79 Å². The van der Waals surface area contributed by atoms with Crippen LogP contribution in [0, 0.1) is 0 Å². The van der Waals surface area contributed by atoms with Gasteiger partial charge in [0, 0.05) is 13.5 Å². The number of urea groups is 1. The van der Waals surface area contributed by atoms with E-state index in [1.165, 1.54) is 4.90 Å². The summed E-state index contributed by atoms with van der Waals surface area (Å²) in [6.07, 6.45) is 0.283. The van der Waals surface area contributed by atoms with Crippen molar-refractivity contribution in [1.29, 1.82) is 0 Å². The highest BCUT2D eigenvalue weighted by atomic mass is 16.4. The summed E-state index contributed by atoms with van der Waals surface area (Å²) in [7, 11) is 1.59. The molecule has 0 spiro atoms. The van der Waals surface area contributed by atoms with Gasteiger partial charge in [0.15, 0.2) is 0 Å². The maximum atomic E-state index is 12.1. The molecular formula is C15H22N2O4. The zero-order valence-corrected chi connectivity index (χ0v) is 12.3. The number of rotatable bonds is 7. The first kappa shape index (κ1) is 17.0. The molecule has 0 aliphatic carbocycles. The fraction of sp³-hybridized carbons (Fsp3) is 0.467. The summed E-state index contributed by atoms with van der Waals surface area (Å²) >= 11 is 0. The highest BCUT2D eigenvalue weighted by molar-refractivity contribution is 5.75. The Morgan fingerprint density at radius 3 is 2.43 bits per heavy atom. The number of aliphatic hydroxyl groups excluding tert-OH is 1. The Morgan fingerprint density at radius 1 is 1.29 bits per heavy atom. The Labute approximate surface area is 124 Å². The third-order valence-corrected chi connectivity index (χ3v) is 3.39. The molecular weight excluding hydrogens is 272 g/mol. The van der Waals surface area contributed by atoms with Gasteiger partial charge >= 0.3 is 12.0 Å². The molecule has 1 aromatic rings. The molecule has 0 saturated heterocycles. The average molecular weight is 294 g/mol. The van der Waals surface area contributed by atoms with Crippen LogP contribution in [0.15, 0.2) is 30.3 Å². The van der Waals surface area contributed by atoms with Crippen LogP contribution in [-0.4, -0.2) is 46.8 Å². The number of likely N-dealkylation sites (N-methyl/N-ethyl adjacent to an activating group) is 1. The Balaban J connectivity index is 2.78. The second-order valence-corrected chi connectivity index (χ2v) is 4.99. The number of carbonyl (C=O) groups is 2. The number of hydrogen-bond donors (Lipinski definition) is 3. The summed E-state index contributed by atoms with van der Waals surface area (Å²) in [6, 6.07) is 8.23. The Bertz CT molecular complexity index is 464. The van der Waals surface area contributed by atoms with Gasteiger partial charge in [0.25, 0.3) is 0 Å².